The monoisotopic (exact) mass is 242 g/mol. The second kappa shape index (κ2) is 6.72. The largest absolute Gasteiger partial charge is 0.393 e. The molecule has 0 spiro atoms. The number of hydrogen-bond donors (Lipinski definition) is 2. The van der Waals surface area contributed by atoms with Crippen LogP contribution in [0.25, 0.3) is 0 Å². The fourth-order valence-corrected chi connectivity index (χ4v) is 2.46. The van der Waals surface area contributed by atoms with Crippen LogP contribution in [0.2, 0.25) is 0 Å². The molecule has 102 valence electrons. The Balaban J connectivity index is 2.11. The summed E-state index contributed by atoms with van der Waals surface area (Å²) in [6.45, 7) is 10.7. The Kier molecular flexibility index (Phi) is 5.90. The summed E-state index contributed by atoms with van der Waals surface area (Å²) in [4.78, 5) is 2.49. The number of rotatable bonds is 6. The minimum Gasteiger partial charge on any atom is -0.393 e. The van der Waals surface area contributed by atoms with Crippen LogP contribution in [0.15, 0.2) is 0 Å². The molecule has 0 saturated carbocycles. The van der Waals surface area contributed by atoms with Gasteiger partial charge in [-0.3, -0.25) is 0 Å². The zero-order chi connectivity index (χ0) is 12.9. The van der Waals surface area contributed by atoms with Crippen LogP contribution >= 0.6 is 0 Å². The van der Waals surface area contributed by atoms with E-state index in [1.54, 1.807) is 0 Å². The van der Waals surface area contributed by atoms with Crippen LogP contribution in [0.5, 0.6) is 0 Å². The molecule has 0 aromatic rings. The second-order valence-electron chi connectivity index (χ2n) is 6.46. The van der Waals surface area contributed by atoms with Gasteiger partial charge < -0.3 is 15.7 Å². The molecule has 0 radical (unpaired) electrons. The van der Waals surface area contributed by atoms with Crippen molar-refractivity contribution in [3.05, 3.63) is 0 Å². The van der Waals surface area contributed by atoms with Crippen molar-refractivity contribution in [3.63, 3.8) is 0 Å². The fourth-order valence-electron chi connectivity index (χ4n) is 2.46. The summed E-state index contributed by atoms with van der Waals surface area (Å²) < 4.78 is 0. The summed E-state index contributed by atoms with van der Waals surface area (Å²) in [6.07, 6.45) is 4.59. The summed E-state index contributed by atoms with van der Waals surface area (Å²) >= 11 is 0. The molecule has 1 aliphatic heterocycles. The second-order valence-corrected chi connectivity index (χ2v) is 6.46. The van der Waals surface area contributed by atoms with Crippen molar-refractivity contribution >= 4 is 0 Å². The van der Waals surface area contributed by atoms with Crippen molar-refractivity contribution in [1.29, 1.82) is 0 Å². The van der Waals surface area contributed by atoms with Crippen LogP contribution in [-0.4, -0.2) is 42.3 Å². The van der Waals surface area contributed by atoms with Gasteiger partial charge in [-0.1, -0.05) is 27.2 Å². The van der Waals surface area contributed by atoms with Crippen LogP contribution in [0.4, 0.5) is 0 Å². The van der Waals surface area contributed by atoms with Crippen LogP contribution < -0.4 is 5.73 Å². The number of nitrogens with zero attached hydrogens (tertiary/aromatic N) is 1. The van der Waals surface area contributed by atoms with Crippen molar-refractivity contribution in [3.8, 4) is 0 Å². The van der Waals surface area contributed by atoms with Gasteiger partial charge in [0.1, 0.15) is 0 Å². The number of nitrogens with two attached hydrogens (primary N) is 1. The van der Waals surface area contributed by atoms with Gasteiger partial charge in [-0.05, 0) is 43.7 Å². The predicted octanol–water partition coefficient (Wildman–Crippen LogP) is 1.84. The molecule has 1 fully saturated rings. The lowest BCUT2D eigenvalue weighted by Crippen LogP contribution is -2.42. The molecule has 1 saturated heterocycles. The number of hydrogen-bond acceptors (Lipinski definition) is 3. The molecular weight excluding hydrogens is 212 g/mol. The molecule has 0 bridgehead atoms. The van der Waals surface area contributed by atoms with Gasteiger partial charge in [0.2, 0.25) is 0 Å². The highest BCUT2D eigenvalue weighted by Crippen LogP contribution is 2.22. The van der Waals surface area contributed by atoms with E-state index in [9.17, 15) is 5.11 Å². The minimum absolute atomic E-state index is 0.0811. The summed E-state index contributed by atoms with van der Waals surface area (Å²) in [5.74, 6) is 0.434. The molecular formula is C14H30N2O. The van der Waals surface area contributed by atoms with Gasteiger partial charge in [0.25, 0.3) is 0 Å². The maximum atomic E-state index is 9.67. The third-order valence-electron chi connectivity index (χ3n) is 4.07. The van der Waals surface area contributed by atoms with Gasteiger partial charge in [0, 0.05) is 13.1 Å². The fraction of sp³-hybridized carbons (Fsp3) is 1.00. The summed E-state index contributed by atoms with van der Waals surface area (Å²) in [7, 11) is 0. The molecule has 1 aliphatic rings. The molecule has 3 N–H and O–H groups in total. The van der Waals surface area contributed by atoms with E-state index in [-0.39, 0.29) is 6.10 Å². The molecule has 2 atom stereocenters. The van der Waals surface area contributed by atoms with Crippen LogP contribution in [0.1, 0.15) is 46.5 Å². The molecule has 0 amide bonds. The zero-order valence-corrected chi connectivity index (χ0v) is 11.8. The molecule has 0 aromatic heterocycles. The van der Waals surface area contributed by atoms with E-state index in [0.29, 0.717) is 11.3 Å². The minimum atomic E-state index is -0.0811. The van der Waals surface area contributed by atoms with E-state index in [2.05, 4.69) is 25.7 Å². The Morgan fingerprint density at radius 1 is 1.35 bits per heavy atom. The summed E-state index contributed by atoms with van der Waals surface area (Å²) in [6, 6.07) is 0. The van der Waals surface area contributed by atoms with Gasteiger partial charge in [-0.15, -0.1) is 0 Å². The molecule has 1 heterocycles. The SMILES string of the molecule is CC1CN(CCCCC(C)(C)CN)CCC1O. The molecule has 0 aliphatic carbocycles. The first kappa shape index (κ1) is 14.9. The Morgan fingerprint density at radius 2 is 2.06 bits per heavy atom. The topological polar surface area (TPSA) is 49.5 Å². The average Bonchev–Trinajstić information content (AvgIpc) is 2.29. The van der Waals surface area contributed by atoms with E-state index in [0.717, 1.165) is 26.1 Å². The van der Waals surface area contributed by atoms with Crippen molar-refractivity contribution in [2.24, 2.45) is 17.1 Å². The molecule has 17 heavy (non-hydrogen) atoms. The average molecular weight is 242 g/mol. The van der Waals surface area contributed by atoms with Gasteiger partial charge in [-0.2, -0.15) is 0 Å². The van der Waals surface area contributed by atoms with Crippen LogP contribution in [0.3, 0.4) is 0 Å². The highest BCUT2D eigenvalue weighted by Gasteiger charge is 2.23. The predicted molar refractivity (Wildman–Crippen MR) is 72.9 cm³/mol. The lowest BCUT2D eigenvalue weighted by molar-refractivity contribution is 0.0343. The van der Waals surface area contributed by atoms with Gasteiger partial charge in [-0.25, -0.2) is 0 Å². The van der Waals surface area contributed by atoms with Crippen molar-refractivity contribution in [1.82, 2.24) is 4.90 Å². The van der Waals surface area contributed by atoms with E-state index >= 15 is 0 Å². The Hall–Kier alpha value is -0.120. The highest BCUT2D eigenvalue weighted by molar-refractivity contribution is 4.77. The Labute approximate surface area is 106 Å². The first-order valence-corrected chi connectivity index (χ1v) is 7.05. The van der Waals surface area contributed by atoms with E-state index < -0.39 is 0 Å². The van der Waals surface area contributed by atoms with Gasteiger partial charge in [0.05, 0.1) is 6.10 Å². The first-order chi connectivity index (χ1) is 7.94. The molecule has 3 nitrogen and oxygen atoms in total. The van der Waals surface area contributed by atoms with Crippen LogP contribution in [0, 0.1) is 11.3 Å². The van der Waals surface area contributed by atoms with Crippen molar-refractivity contribution < 1.29 is 5.11 Å². The third-order valence-corrected chi connectivity index (χ3v) is 4.07. The Bertz CT molecular complexity index is 218. The first-order valence-electron chi connectivity index (χ1n) is 7.05. The highest BCUT2D eigenvalue weighted by atomic mass is 16.3. The molecule has 1 rings (SSSR count). The van der Waals surface area contributed by atoms with Crippen molar-refractivity contribution in [2.75, 3.05) is 26.2 Å². The standard InChI is InChI=1S/C14H30N2O/c1-12-10-16(9-6-13(12)17)8-5-4-7-14(2,3)11-15/h12-13,17H,4-11,15H2,1-3H3. The molecule has 0 aromatic carbocycles. The molecule has 3 heteroatoms. The lowest BCUT2D eigenvalue weighted by Gasteiger charge is -2.34. The number of likely N-dealkylation sites (tertiary alicyclic amines) is 1. The normalized spacial score (nSPS) is 27.4. The van der Waals surface area contributed by atoms with Gasteiger partial charge >= 0.3 is 0 Å². The smallest absolute Gasteiger partial charge is 0.0590 e. The Morgan fingerprint density at radius 3 is 2.65 bits per heavy atom. The lowest BCUT2D eigenvalue weighted by atomic mass is 9.87. The summed E-state index contributed by atoms with van der Waals surface area (Å²) in [5.41, 5.74) is 6.02. The number of aliphatic hydroxyl groups excluding tert-OH is 1. The molecule has 2 unspecified atom stereocenters. The maximum Gasteiger partial charge on any atom is 0.0590 e. The third kappa shape index (κ3) is 5.36. The number of aliphatic hydroxyl groups is 1. The van der Waals surface area contributed by atoms with Crippen molar-refractivity contribution in [2.45, 2.75) is 52.6 Å². The van der Waals surface area contributed by atoms with E-state index in [1.807, 2.05) is 0 Å². The number of unbranched alkanes of at least 4 members (excludes halogenated alkanes) is 1. The zero-order valence-electron chi connectivity index (χ0n) is 11.8. The quantitative estimate of drug-likeness (QED) is 0.699. The number of piperidine rings is 1. The van der Waals surface area contributed by atoms with E-state index in [1.165, 1.54) is 25.8 Å². The van der Waals surface area contributed by atoms with E-state index in [4.69, 9.17) is 5.73 Å². The van der Waals surface area contributed by atoms with Crippen LogP contribution in [-0.2, 0) is 0 Å². The van der Waals surface area contributed by atoms with Gasteiger partial charge in [0.15, 0.2) is 0 Å². The maximum absolute atomic E-state index is 9.67. The summed E-state index contributed by atoms with van der Waals surface area (Å²) in [5, 5.41) is 9.67.